The van der Waals surface area contributed by atoms with Gasteiger partial charge in [-0.2, -0.15) is 0 Å². The molecule has 2 fully saturated rings. The molecule has 8 nitrogen and oxygen atoms in total. The van der Waals surface area contributed by atoms with Gasteiger partial charge in [0.2, 0.25) is 0 Å². The monoisotopic (exact) mass is 549 g/mol. The van der Waals surface area contributed by atoms with Gasteiger partial charge in [-0.15, -0.1) is 0 Å². The molecule has 0 bridgehead atoms. The average molecular weight is 550 g/mol. The Morgan fingerprint density at radius 2 is 1.85 bits per heavy atom. The van der Waals surface area contributed by atoms with Gasteiger partial charge in [-0.25, -0.2) is 4.79 Å². The Kier molecular flexibility index (Phi) is 8.23. The molecule has 5 rings (SSSR count). The van der Waals surface area contributed by atoms with Crippen LogP contribution in [0.3, 0.4) is 0 Å². The quantitative estimate of drug-likeness (QED) is 0.424. The minimum absolute atomic E-state index is 0.104. The number of fused-ring (bicyclic) bond motifs is 1. The van der Waals surface area contributed by atoms with Gasteiger partial charge in [0.25, 0.3) is 5.91 Å². The van der Waals surface area contributed by atoms with Gasteiger partial charge in [-0.1, -0.05) is 17.7 Å². The summed E-state index contributed by atoms with van der Waals surface area (Å²) < 4.78 is 5.36. The van der Waals surface area contributed by atoms with Crippen molar-refractivity contribution in [2.75, 3.05) is 44.2 Å². The number of hydrogen-bond acceptors (Lipinski definition) is 5. The van der Waals surface area contributed by atoms with Crippen molar-refractivity contribution >= 4 is 29.2 Å². The van der Waals surface area contributed by atoms with Crippen molar-refractivity contribution in [3.8, 4) is 0 Å². The van der Waals surface area contributed by atoms with Crippen molar-refractivity contribution < 1.29 is 14.0 Å². The molecule has 2 aromatic heterocycles. The predicted octanol–water partition coefficient (Wildman–Crippen LogP) is 5.06. The molecule has 0 spiro atoms. The van der Waals surface area contributed by atoms with Crippen molar-refractivity contribution in [1.29, 1.82) is 0 Å². The predicted molar refractivity (Wildman–Crippen MR) is 152 cm³/mol. The van der Waals surface area contributed by atoms with E-state index in [2.05, 4.69) is 15.2 Å². The number of halogens is 1. The fourth-order valence-electron chi connectivity index (χ4n) is 5.84. The first-order chi connectivity index (χ1) is 18.8. The third-order valence-corrected chi connectivity index (χ3v) is 8.38. The number of anilines is 1. The largest absolute Gasteiger partial charge is 0.467 e. The first-order valence-electron chi connectivity index (χ1n) is 13.6. The third-order valence-electron chi connectivity index (χ3n) is 7.97. The van der Waals surface area contributed by atoms with E-state index in [1.807, 2.05) is 56.0 Å². The molecule has 3 amide bonds. The lowest BCUT2D eigenvalue weighted by Gasteiger charge is -2.26. The number of rotatable bonds is 8. The van der Waals surface area contributed by atoms with Crippen LogP contribution in [0, 0.1) is 32.6 Å². The second-order valence-corrected chi connectivity index (χ2v) is 11.2. The second-order valence-electron chi connectivity index (χ2n) is 10.8. The number of carbonyl (C=O) groups excluding carboxylic acids is 2. The number of hydrogen-bond donors (Lipinski definition) is 1. The van der Waals surface area contributed by atoms with Crippen LogP contribution >= 0.6 is 11.6 Å². The summed E-state index contributed by atoms with van der Waals surface area (Å²) in [7, 11) is 0. The van der Waals surface area contributed by atoms with Crippen LogP contribution in [0.25, 0.3) is 0 Å². The molecule has 2 aliphatic heterocycles. The zero-order valence-electron chi connectivity index (χ0n) is 22.8. The van der Waals surface area contributed by atoms with Crippen LogP contribution in [0.4, 0.5) is 10.5 Å². The van der Waals surface area contributed by atoms with Crippen LogP contribution in [0.1, 0.15) is 39.4 Å². The standard InChI is InChI=1S/C30H36ClN5O3/c1-20-7-8-25(14-27(20)31)36(30(38)33-15-26-6-4-13-39-26)12-5-11-34-16-23-18-35(19-24(23)17-34)29(37)28-21(2)9-10-32-22(28)3/h4,6-10,13-14,23-24H,5,11-12,15-19H2,1-3H3,(H,33,38). The van der Waals surface area contributed by atoms with Gasteiger partial charge in [0.15, 0.2) is 0 Å². The van der Waals surface area contributed by atoms with E-state index >= 15 is 0 Å². The molecule has 2 atom stereocenters. The number of likely N-dealkylation sites (tertiary alicyclic amines) is 2. The van der Waals surface area contributed by atoms with Crippen LogP contribution in [0.15, 0.2) is 53.3 Å². The molecule has 2 saturated heterocycles. The number of furan rings is 1. The van der Waals surface area contributed by atoms with Gasteiger partial charge >= 0.3 is 6.03 Å². The summed E-state index contributed by atoms with van der Waals surface area (Å²) >= 11 is 6.39. The van der Waals surface area contributed by atoms with Gasteiger partial charge in [-0.3, -0.25) is 14.7 Å². The maximum absolute atomic E-state index is 13.2. The van der Waals surface area contributed by atoms with Crippen molar-refractivity contribution in [2.24, 2.45) is 11.8 Å². The smallest absolute Gasteiger partial charge is 0.322 e. The van der Waals surface area contributed by atoms with Crippen molar-refractivity contribution in [2.45, 2.75) is 33.7 Å². The van der Waals surface area contributed by atoms with Crippen LogP contribution in [-0.4, -0.2) is 66.0 Å². The van der Waals surface area contributed by atoms with E-state index in [-0.39, 0.29) is 11.9 Å². The molecule has 0 saturated carbocycles. The molecule has 1 aromatic carbocycles. The number of pyridine rings is 1. The molecule has 39 heavy (non-hydrogen) atoms. The second kappa shape index (κ2) is 11.8. The molecule has 9 heteroatoms. The van der Waals surface area contributed by atoms with Gasteiger partial charge in [0.05, 0.1) is 24.1 Å². The molecule has 0 aliphatic carbocycles. The van der Waals surface area contributed by atoms with E-state index in [0.717, 1.165) is 67.2 Å². The number of benzene rings is 1. The number of amides is 3. The summed E-state index contributed by atoms with van der Waals surface area (Å²) in [5.41, 5.74) is 4.28. The molecule has 3 aromatic rings. The average Bonchev–Trinajstić information content (AvgIpc) is 3.64. The Hall–Kier alpha value is -3.36. The van der Waals surface area contributed by atoms with Crippen LogP contribution in [0.2, 0.25) is 5.02 Å². The molecule has 0 radical (unpaired) electrons. The highest BCUT2D eigenvalue weighted by Gasteiger charge is 2.42. The molecule has 1 N–H and O–H groups in total. The summed E-state index contributed by atoms with van der Waals surface area (Å²) in [6, 6.07) is 11.1. The van der Waals surface area contributed by atoms with Crippen molar-refractivity contribution in [1.82, 2.24) is 20.1 Å². The lowest BCUT2D eigenvalue weighted by atomic mass is 10.0. The van der Waals surface area contributed by atoms with E-state index < -0.39 is 0 Å². The SMILES string of the molecule is Cc1ccc(N(CCCN2CC3CN(C(=O)c4c(C)ccnc4C)CC3C2)C(=O)NCc2ccco2)cc1Cl. The van der Waals surface area contributed by atoms with E-state index in [4.69, 9.17) is 16.0 Å². The van der Waals surface area contributed by atoms with Gasteiger partial charge < -0.3 is 19.5 Å². The summed E-state index contributed by atoms with van der Waals surface area (Å²) in [5.74, 6) is 1.77. The molecular weight excluding hydrogens is 514 g/mol. The minimum Gasteiger partial charge on any atom is -0.467 e. The lowest BCUT2D eigenvalue weighted by molar-refractivity contribution is 0.0772. The normalized spacial score (nSPS) is 18.8. The first kappa shape index (κ1) is 27.2. The van der Waals surface area contributed by atoms with Crippen molar-refractivity contribution in [3.63, 3.8) is 0 Å². The fourth-order valence-corrected chi connectivity index (χ4v) is 6.01. The Balaban J connectivity index is 1.15. The molecule has 2 unspecified atom stereocenters. The van der Waals surface area contributed by atoms with E-state index in [1.165, 1.54) is 0 Å². The number of aryl methyl sites for hydroxylation is 3. The molecule has 206 valence electrons. The van der Waals surface area contributed by atoms with E-state index in [1.54, 1.807) is 23.4 Å². The van der Waals surface area contributed by atoms with Crippen LogP contribution in [0.5, 0.6) is 0 Å². The highest BCUT2D eigenvalue weighted by atomic mass is 35.5. The number of nitrogens with one attached hydrogen (secondary N) is 1. The fraction of sp³-hybridized carbons (Fsp3) is 0.433. The van der Waals surface area contributed by atoms with E-state index in [9.17, 15) is 9.59 Å². The Bertz CT molecular complexity index is 1290. The highest BCUT2D eigenvalue weighted by molar-refractivity contribution is 6.31. The number of carbonyl (C=O) groups is 2. The van der Waals surface area contributed by atoms with E-state index in [0.29, 0.717) is 35.7 Å². The summed E-state index contributed by atoms with van der Waals surface area (Å²) in [6.45, 7) is 11.1. The number of urea groups is 1. The Labute approximate surface area is 234 Å². The molecule has 4 heterocycles. The van der Waals surface area contributed by atoms with Gasteiger partial charge in [0.1, 0.15) is 5.76 Å². The molecular formula is C30H36ClN5O3. The first-order valence-corrected chi connectivity index (χ1v) is 14.0. The number of nitrogens with zero attached hydrogens (tertiary/aromatic N) is 4. The lowest BCUT2D eigenvalue weighted by Crippen LogP contribution is -2.41. The van der Waals surface area contributed by atoms with Gasteiger partial charge in [-0.05, 0) is 87.0 Å². The van der Waals surface area contributed by atoms with Gasteiger partial charge in [0, 0.05) is 49.6 Å². The van der Waals surface area contributed by atoms with Crippen LogP contribution < -0.4 is 10.2 Å². The minimum atomic E-state index is -0.181. The summed E-state index contributed by atoms with van der Waals surface area (Å²) in [4.78, 5) is 37.0. The zero-order chi connectivity index (χ0) is 27.5. The number of aromatic nitrogens is 1. The summed E-state index contributed by atoms with van der Waals surface area (Å²) in [5, 5.41) is 3.60. The topological polar surface area (TPSA) is 81.9 Å². The maximum atomic E-state index is 13.2. The zero-order valence-corrected chi connectivity index (χ0v) is 23.6. The maximum Gasteiger partial charge on any atom is 0.322 e. The highest BCUT2D eigenvalue weighted by Crippen LogP contribution is 2.32. The Morgan fingerprint density at radius 1 is 1.08 bits per heavy atom. The van der Waals surface area contributed by atoms with Crippen molar-refractivity contribution in [3.05, 3.63) is 82.0 Å². The Morgan fingerprint density at radius 3 is 2.51 bits per heavy atom. The van der Waals surface area contributed by atoms with Crippen LogP contribution in [-0.2, 0) is 6.54 Å². The summed E-state index contributed by atoms with van der Waals surface area (Å²) in [6.07, 6.45) is 4.19. The molecule has 2 aliphatic rings. The third kappa shape index (κ3) is 6.12.